The number of hydrogen-bond donors (Lipinski definition) is 0. The highest BCUT2D eigenvalue weighted by atomic mass is 35.5. The average Bonchev–Trinajstić information content (AvgIpc) is 2.28. The molecule has 0 saturated carbocycles. The summed E-state index contributed by atoms with van der Waals surface area (Å²) < 4.78 is 10.1. The van der Waals surface area contributed by atoms with Crippen molar-refractivity contribution in [2.75, 3.05) is 14.2 Å². The van der Waals surface area contributed by atoms with Crippen molar-refractivity contribution >= 4 is 28.2 Å². The zero-order chi connectivity index (χ0) is 10.8. The van der Waals surface area contributed by atoms with E-state index in [0.717, 1.165) is 0 Å². The van der Waals surface area contributed by atoms with Gasteiger partial charge >= 0.3 is 0 Å². The van der Waals surface area contributed by atoms with Crippen molar-refractivity contribution in [2.45, 2.75) is 0 Å². The molecule has 0 aromatic carbocycles. The highest BCUT2D eigenvalue weighted by molar-refractivity contribution is 6.49. The Morgan fingerprint density at radius 1 is 1.33 bits per heavy atom. The van der Waals surface area contributed by atoms with Crippen LogP contribution in [0.25, 0.3) is 5.03 Å². The number of fused-ring (bicyclic) bond motifs is 1. The lowest BCUT2D eigenvalue weighted by atomic mass is 10.2. The van der Waals surface area contributed by atoms with Gasteiger partial charge in [-0.15, -0.1) is 0 Å². The largest absolute Gasteiger partial charge is 0.491 e. The first kappa shape index (κ1) is 9.81. The summed E-state index contributed by atoms with van der Waals surface area (Å²) in [6.07, 6.45) is 0. The van der Waals surface area contributed by atoms with Crippen molar-refractivity contribution in [3.8, 4) is 11.6 Å². The smallest absolute Gasteiger partial charge is 0.257 e. The molecule has 4 nitrogen and oxygen atoms in total. The van der Waals surface area contributed by atoms with Crippen molar-refractivity contribution in [2.24, 2.45) is 4.99 Å². The lowest BCUT2D eigenvalue weighted by molar-refractivity contribution is 0.343. The second kappa shape index (κ2) is 3.79. The van der Waals surface area contributed by atoms with E-state index in [1.165, 1.54) is 14.2 Å². The third-order valence-corrected chi connectivity index (χ3v) is 2.17. The molecular weight excluding hydrogens is 216 g/mol. The normalized spacial score (nSPS) is 12.1. The maximum atomic E-state index is 5.90. The van der Waals surface area contributed by atoms with Crippen molar-refractivity contribution in [1.82, 2.24) is 4.98 Å². The summed E-state index contributed by atoms with van der Waals surface area (Å²) in [5, 5.41) is 0.362. The van der Waals surface area contributed by atoms with Crippen LogP contribution in [-0.4, -0.2) is 25.1 Å². The summed E-state index contributed by atoms with van der Waals surface area (Å²) in [7, 11) is 3.04. The monoisotopic (exact) mass is 222 g/mol. The molecule has 2 rings (SSSR count). The van der Waals surface area contributed by atoms with E-state index >= 15 is 0 Å². The average molecular weight is 223 g/mol. The van der Waals surface area contributed by atoms with Crippen LogP contribution in [-0.2, 0) is 0 Å². The number of methoxy groups -OCH3 is 2. The fourth-order valence-electron chi connectivity index (χ4n) is 1.20. The van der Waals surface area contributed by atoms with Gasteiger partial charge in [-0.25, -0.2) is 4.98 Å². The molecule has 0 atom stereocenters. The van der Waals surface area contributed by atoms with Crippen LogP contribution in [0.15, 0.2) is 16.8 Å². The Morgan fingerprint density at radius 2 is 2.13 bits per heavy atom. The Morgan fingerprint density at radius 3 is 2.80 bits per heavy atom. The molecule has 0 unspecified atom stereocenters. The molecule has 0 radical (unpaired) electrons. The zero-order valence-electron chi connectivity index (χ0n) is 8.17. The van der Waals surface area contributed by atoms with Crippen LogP contribution in [0.4, 0.5) is 5.69 Å². The second-order valence-corrected chi connectivity index (χ2v) is 3.11. The molecule has 15 heavy (non-hydrogen) atoms. The van der Waals surface area contributed by atoms with Crippen molar-refractivity contribution in [3.63, 3.8) is 0 Å². The number of ether oxygens (including phenoxy) is 2. The first-order chi connectivity index (χ1) is 7.26. The summed E-state index contributed by atoms with van der Waals surface area (Å²) in [6, 6.07) is 1.69. The van der Waals surface area contributed by atoms with Crippen LogP contribution in [0.1, 0.15) is 5.69 Å². The molecule has 1 aliphatic rings. The summed E-state index contributed by atoms with van der Waals surface area (Å²) in [6.45, 7) is 0. The number of halogens is 1. The van der Waals surface area contributed by atoms with E-state index in [0.29, 0.717) is 28.0 Å². The molecule has 0 fully saturated rings. The molecule has 2 heterocycles. The van der Waals surface area contributed by atoms with Crippen LogP contribution in [0.3, 0.4) is 0 Å². The summed E-state index contributed by atoms with van der Waals surface area (Å²) >= 11 is 5.90. The lowest BCUT2D eigenvalue weighted by Gasteiger charge is -2.10. The third kappa shape index (κ3) is 1.62. The van der Waals surface area contributed by atoms with Crippen LogP contribution in [0.2, 0.25) is 0 Å². The van der Waals surface area contributed by atoms with E-state index in [9.17, 15) is 0 Å². The first-order valence-corrected chi connectivity index (χ1v) is 4.51. The van der Waals surface area contributed by atoms with Gasteiger partial charge in [0, 0.05) is 11.9 Å². The Labute approximate surface area is 91.5 Å². The quantitative estimate of drug-likeness (QED) is 0.721. The van der Waals surface area contributed by atoms with Gasteiger partial charge in [0.1, 0.15) is 16.4 Å². The van der Waals surface area contributed by atoms with E-state index in [1.807, 2.05) is 0 Å². The summed E-state index contributed by atoms with van der Waals surface area (Å²) in [5.41, 5.74) is 3.75. The van der Waals surface area contributed by atoms with Crippen LogP contribution < -0.4 is 9.47 Å². The zero-order valence-corrected chi connectivity index (χ0v) is 8.92. The number of hydrogen-bond acceptors (Lipinski definition) is 4. The minimum atomic E-state index is 0.362. The predicted molar refractivity (Wildman–Crippen MR) is 57.2 cm³/mol. The van der Waals surface area contributed by atoms with Gasteiger partial charge in [0.15, 0.2) is 5.75 Å². The molecule has 0 amide bonds. The molecule has 0 saturated heterocycles. The highest BCUT2D eigenvalue weighted by Gasteiger charge is 2.16. The molecule has 0 bridgehead atoms. The van der Waals surface area contributed by atoms with Crippen LogP contribution >= 0.6 is 11.6 Å². The van der Waals surface area contributed by atoms with Gasteiger partial charge in [0.05, 0.1) is 14.2 Å². The fraction of sp³-hybridized carbons (Fsp3) is 0.200. The van der Waals surface area contributed by atoms with Crippen molar-refractivity contribution in [1.29, 1.82) is 0 Å². The molecule has 1 aromatic rings. The Balaban J connectivity index is 2.65. The van der Waals surface area contributed by atoms with E-state index in [4.69, 9.17) is 21.1 Å². The van der Waals surface area contributed by atoms with Gasteiger partial charge in [0.25, 0.3) is 5.88 Å². The number of pyridine rings is 1. The molecule has 0 N–H and O–H groups in total. The predicted octanol–water partition coefficient (Wildman–Crippen LogP) is 2.15. The maximum absolute atomic E-state index is 5.90. The Kier molecular flexibility index (Phi) is 2.48. The molecule has 5 heteroatoms. The topological polar surface area (TPSA) is 43.7 Å². The minimum absolute atomic E-state index is 0.362. The van der Waals surface area contributed by atoms with E-state index in [-0.39, 0.29) is 0 Å². The van der Waals surface area contributed by atoms with Gasteiger partial charge in [0.2, 0.25) is 0 Å². The minimum Gasteiger partial charge on any atom is -0.491 e. The first-order valence-electron chi connectivity index (χ1n) is 4.14. The van der Waals surface area contributed by atoms with E-state index in [1.54, 1.807) is 6.07 Å². The van der Waals surface area contributed by atoms with Crippen molar-refractivity contribution in [3.05, 3.63) is 17.5 Å². The number of aliphatic imine (C=N–C) groups is 1. The summed E-state index contributed by atoms with van der Waals surface area (Å²) in [5.74, 6) is 3.43. The van der Waals surface area contributed by atoms with Crippen LogP contribution in [0, 0.1) is 0 Å². The lowest BCUT2D eigenvalue weighted by Crippen LogP contribution is -1.97. The molecule has 0 spiro atoms. The standard InChI is InChI=1S/C10H7ClN2O2/c1-14-8-5-7-9(13-10(8)15-2)6(11)3-4-12-7/h5H,1-2H3. The number of rotatable bonds is 2. The summed E-state index contributed by atoms with van der Waals surface area (Å²) in [4.78, 5) is 8.13. The highest BCUT2D eigenvalue weighted by Crippen LogP contribution is 2.36. The van der Waals surface area contributed by atoms with Crippen LogP contribution in [0.5, 0.6) is 11.6 Å². The number of aromatic nitrogens is 1. The van der Waals surface area contributed by atoms with E-state index in [2.05, 4.69) is 21.6 Å². The SMILES string of the molecule is COc1cc2c(nc1OC)C(Cl)=C=C=N2. The molecular formula is C10H7ClN2O2. The Bertz CT molecular complexity index is 512. The van der Waals surface area contributed by atoms with Gasteiger partial charge in [-0.3, -0.25) is 0 Å². The van der Waals surface area contributed by atoms with Gasteiger partial charge in [-0.1, -0.05) is 11.6 Å². The van der Waals surface area contributed by atoms with E-state index < -0.39 is 0 Å². The van der Waals surface area contributed by atoms with Crippen molar-refractivity contribution < 1.29 is 9.47 Å². The molecule has 0 aliphatic carbocycles. The Hall–Kier alpha value is -1.73. The van der Waals surface area contributed by atoms with Gasteiger partial charge in [-0.2, -0.15) is 4.99 Å². The molecule has 1 aromatic heterocycles. The second-order valence-electron chi connectivity index (χ2n) is 2.73. The molecule has 76 valence electrons. The fourth-order valence-corrected chi connectivity index (χ4v) is 1.39. The number of nitrogens with zero attached hydrogens (tertiary/aromatic N) is 2. The molecule has 1 aliphatic heterocycles. The third-order valence-electron chi connectivity index (χ3n) is 1.90. The van der Waals surface area contributed by atoms with Gasteiger partial charge in [-0.05, 0) is 5.73 Å². The van der Waals surface area contributed by atoms with Gasteiger partial charge < -0.3 is 9.47 Å². The maximum Gasteiger partial charge on any atom is 0.257 e.